The molecule has 2 rings (SSSR count). The Morgan fingerprint density at radius 3 is 2.42 bits per heavy atom. The van der Waals surface area contributed by atoms with Crippen molar-refractivity contribution in [3.63, 3.8) is 0 Å². The SMILES string of the molecule is COC1=CC(O)(S(=O)(=O)O)C(C(=O)c2ccc(OC)cc2O)C=C1. The van der Waals surface area contributed by atoms with E-state index in [9.17, 15) is 28.0 Å². The molecule has 0 saturated heterocycles. The van der Waals surface area contributed by atoms with Gasteiger partial charge in [0.05, 0.1) is 25.7 Å². The lowest BCUT2D eigenvalue weighted by Gasteiger charge is -2.30. The van der Waals surface area contributed by atoms with Gasteiger partial charge in [-0.15, -0.1) is 0 Å². The third kappa shape index (κ3) is 3.01. The third-order valence-electron chi connectivity index (χ3n) is 3.65. The van der Waals surface area contributed by atoms with Crippen LogP contribution in [0.1, 0.15) is 10.4 Å². The van der Waals surface area contributed by atoms with Crippen molar-refractivity contribution >= 4 is 15.9 Å². The smallest absolute Gasteiger partial charge is 0.300 e. The van der Waals surface area contributed by atoms with Crippen LogP contribution < -0.4 is 4.74 Å². The zero-order chi connectivity index (χ0) is 18.1. The van der Waals surface area contributed by atoms with E-state index in [2.05, 4.69) is 0 Å². The zero-order valence-corrected chi connectivity index (χ0v) is 13.6. The van der Waals surface area contributed by atoms with Crippen molar-refractivity contribution in [2.75, 3.05) is 14.2 Å². The van der Waals surface area contributed by atoms with Crippen LogP contribution in [0.3, 0.4) is 0 Å². The van der Waals surface area contributed by atoms with Crippen LogP contribution in [-0.2, 0) is 14.9 Å². The number of methoxy groups -OCH3 is 2. The molecule has 0 bridgehead atoms. The topological polar surface area (TPSA) is 130 Å². The Balaban J connectivity index is 2.52. The fourth-order valence-corrected chi connectivity index (χ4v) is 3.09. The van der Waals surface area contributed by atoms with Gasteiger partial charge in [0, 0.05) is 12.1 Å². The number of aliphatic hydroxyl groups is 1. The summed E-state index contributed by atoms with van der Waals surface area (Å²) in [6, 6.07) is 3.79. The molecular formula is C15H16O8S. The molecule has 2 unspecified atom stereocenters. The van der Waals surface area contributed by atoms with Crippen LogP contribution in [0.15, 0.2) is 42.2 Å². The molecule has 0 amide bonds. The van der Waals surface area contributed by atoms with E-state index in [1.807, 2.05) is 0 Å². The number of carbonyl (C=O) groups excluding carboxylic acids is 1. The van der Waals surface area contributed by atoms with Gasteiger partial charge in [-0.3, -0.25) is 9.35 Å². The molecule has 3 N–H and O–H groups in total. The number of allylic oxidation sites excluding steroid dienone is 1. The van der Waals surface area contributed by atoms with Gasteiger partial charge in [-0.1, -0.05) is 6.08 Å². The van der Waals surface area contributed by atoms with Crippen molar-refractivity contribution in [1.29, 1.82) is 0 Å². The number of ketones is 1. The van der Waals surface area contributed by atoms with Gasteiger partial charge in [0.15, 0.2) is 5.78 Å². The molecule has 2 atom stereocenters. The molecule has 0 spiro atoms. The highest BCUT2D eigenvalue weighted by atomic mass is 32.2. The van der Waals surface area contributed by atoms with Gasteiger partial charge in [0.25, 0.3) is 10.1 Å². The van der Waals surface area contributed by atoms with Crippen molar-refractivity contribution in [3.05, 3.63) is 47.7 Å². The molecule has 8 nitrogen and oxygen atoms in total. The number of phenols is 1. The van der Waals surface area contributed by atoms with Gasteiger partial charge < -0.3 is 19.7 Å². The fourth-order valence-electron chi connectivity index (χ4n) is 2.32. The molecular weight excluding hydrogens is 340 g/mol. The number of rotatable bonds is 5. The van der Waals surface area contributed by atoms with Crippen LogP contribution in [-0.4, -0.2) is 48.1 Å². The summed E-state index contributed by atoms with van der Waals surface area (Å²) in [4.78, 5) is 9.70. The van der Waals surface area contributed by atoms with E-state index in [-0.39, 0.29) is 17.1 Å². The minimum atomic E-state index is -5.08. The normalized spacial score (nSPS) is 23.5. The van der Waals surface area contributed by atoms with Crippen LogP contribution in [0.5, 0.6) is 11.5 Å². The number of hydrogen-bond acceptors (Lipinski definition) is 7. The average Bonchev–Trinajstić information content (AvgIpc) is 2.52. The molecule has 9 heteroatoms. The fraction of sp³-hybridized carbons (Fsp3) is 0.267. The van der Waals surface area contributed by atoms with Crippen LogP contribution >= 0.6 is 0 Å². The second-order valence-electron chi connectivity index (χ2n) is 5.06. The van der Waals surface area contributed by atoms with E-state index in [0.29, 0.717) is 0 Å². The molecule has 0 radical (unpaired) electrons. The van der Waals surface area contributed by atoms with Gasteiger partial charge >= 0.3 is 0 Å². The summed E-state index contributed by atoms with van der Waals surface area (Å²) in [6.07, 6.45) is 3.09. The lowest BCUT2D eigenvalue weighted by Crippen LogP contribution is -2.48. The van der Waals surface area contributed by atoms with Crippen LogP contribution in [0, 0.1) is 5.92 Å². The molecule has 24 heavy (non-hydrogen) atoms. The van der Waals surface area contributed by atoms with Gasteiger partial charge in [0.1, 0.15) is 17.3 Å². The minimum absolute atomic E-state index is 0.0434. The Kier molecular flexibility index (Phi) is 4.70. The van der Waals surface area contributed by atoms with Crippen molar-refractivity contribution in [2.45, 2.75) is 4.93 Å². The number of ether oxygens (including phenoxy) is 2. The molecule has 1 aliphatic carbocycles. The number of benzene rings is 1. The summed E-state index contributed by atoms with van der Waals surface area (Å²) in [7, 11) is -2.47. The lowest BCUT2D eigenvalue weighted by atomic mass is 9.88. The van der Waals surface area contributed by atoms with Crippen molar-refractivity contribution in [3.8, 4) is 11.5 Å². The van der Waals surface area contributed by atoms with Gasteiger partial charge in [0.2, 0.25) is 4.93 Å². The largest absolute Gasteiger partial charge is 0.507 e. The molecule has 0 heterocycles. The van der Waals surface area contributed by atoms with E-state index in [1.54, 1.807) is 0 Å². The highest BCUT2D eigenvalue weighted by molar-refractivity contribution is 7.87. The summed E-state index contributed by atoms with van der Waals surface area (Å²) < 4.78 is 42.4. The maximum absolute atomic E-state index is 12.6. The van der Waals surface area contributed by atoms with Gasteiger partial charge in [-0.25, -0.2) is 0 Å². The van der Waals surface area contributed by atoms with Crippen LogP contribution in [0.25, 0.3) is 0 Å². The van der Waals surface area contributed by atoms with E-state index in [4.69, 9.17) is 9.47 Å². The number of aromatic hydroxyl groups is 1. The second kappa shape index (κ2) is 6.27. The zero-order valence-electron chi connectivity index (χ0n) is 12.8. The third-order valence-corrected chi connectivity index (χ3v) is 4.85. The van der Waals surface area contributed by atoms with E-state index >= 15 is 0 Å². The Bertz CT molecular complexity index is 824. The lowest BCUT2D eigenvalue weighted by molar-refractivity contribution is 0.0709. The molecule has 0 aliphatic heterocycles. The van der Waals surface area contributed by atoms with E-state index < -0.39 is 32.5 Å². The first-order valence-electron chi connectivity index (χ1n) is 6.69. The maximum Gasteiger partial charge on any atom is 0.300 e. The predicted molar refractivity (Wildman–Crippen MR) is 83.2 cm³/mol. The summed E-state index contributed by atoms with van der Waals surface area (Å²) in [5.41, 5.74) is -0.234. The number of Topliss-reactive ketones (excluding diaryl/α,β-unsaturated/α-hetero) is 1. The van der Waals surface area contributed by atoms with Crippen molar-refractivity contribution in [2.24, 2.45) is 5.92 Å². The highest BCUT2D eigenvalue weighted by Gasteiger charge is 2.51. The Morgan fingerprint density at radius 2 is 1.92 bits per heavy atom. The minimum Gasteiger partial charge on any atom is -0.507 e. The standard InChI is InChI=1S/C15H16O8S/c1-22-9-3-5-11(13(16)7-9)14(17)12-6-4-10(23-2)8-15(12,18)24(19,20)21/h3-8,12,16,18H,1-2H3,(H,19,20,21). The number of carbonyl (C=O) groups is 1. The van der Waals surface area contributed by atoms with Crippen molar-refractivity contribution in [1.82, 2.24) is 0 Å². The van der Waals surface area contributed by atoms with E-state index in [0.717, 1.165) is 12.2 Å². The summed E-state index contributed by atoms with van der Waals surface area (Å²) in [5, 5.41) is 20.4. The predicted octanol–water partition coefficient (Wildman–Crippen LogP) is 0.876. The van der Waals surface area contributed by atoms with Gasteiger partial charge in [-0.2, -0.15) is 8.42 Å². The molecule has 0 saturated carbocycles. The molecule has 1 aromatic carbocycles. The van der Waals surface area contributed by atoms with Crippen LogP contribution in [0.4, 0.5) is 0 Å². The first-order chi connectivity index (χ1) is 11.1. The maximum atomic E-state index is 12.6. The van der Waals surface area contributed by atoms with Crippen LogP contribution in [0.2, 0.25) is 0 Å². The second-order valence-corrected chi connectivity index (χ2v) is 6.67. The Morgan fingerprint density at radius 1 is 1.25 bits per heavy atom. The molecule has 1 aliphatic rings. The molecule has 1 aromatic rings. The summed E-state index contributed by atoms with van der Waals surface area (Å²) in [5.74, 6) is -2.79. The monoisotopic (exact) mass is 356 g/mol. The Labute approximate surface area is 138 Å². The first-order valence-corrected chi connectivity index (χ1v) is 8.13. The highest BCUT2D eigenvalue weighted by Crippen LogP contribution is 2.36. The number of phenolic OH excluding ortho intramolecular Hbond substituents is 1. The summed E-state index contributed by atoms with van der Waals surface area (Å²) in [6.45, 7) is 0. The average molecular weight is 356 g/mol. The van der Waals surface area contributed by atoms with Crippen molar-refractivity contribution < 1.29 is 37.5 Å². The summed E-state index contributed by atoms with van der Waals surface area (Å²) >= 11 is 0. The van der Waals surface area contributed by atoms with E-state index in [1.165, 1.54) is 38.5 Å². The number of hydrogen-bond donors (Lipinski definition) is 3. The quantitative estimate of drug-likeness (QED) is 0.523. The first kappa shape index (κ1) is 18.0. The molecule has 0 fully saturated rings. The van der Waals surface area contributed by atoms with Gasteiger partial charge in [-0.05, 0) is 18.2 Å². The molecule has 0 aromatic heterocycles. The Hall–Kier alpha value is -2.36. The molecule has 130 valence electrons.